The lowest BCUT2D eigenvalue weighted by Crippen LogP contribution is -2.27. The van der Waals surface area contributed by atoms with Crippen LogP contribution in [0.1, 0.15) is 10.4 Å². The average molecular weight is 324 g/mol. The molecule has 98 valence electrons. The fourth-order valence-corrected chi connectivity index (χ4v) is 1.92. The third kappa shape index (κ3) is 2.90. The number of carbonyl (C=O) groups excluding carboxylic acids is 1. The van der Waals surface area contributed by atoms with Gasteiger partial charge in [-0.1, -0.05) is 0 Å². The van der Waals surface area contributed by atoms with Gasteiger partial charge in [-0.05, 0) is 46.3 Å². The van der Waals surface area contributed by atoms with E-state index in [2.05, 4.69) is 20.9 Å². The van der Waals surface area contributed by atoms with E-state index in [9.17, 15) is 9.18 Å². The van der Waals surface area contributed by atoms with Gasteiger partial charge in [0.1, 0.15) is 11.6 Å². The first kappa shape index (κ1) is 13.5. The van der Waals surface area contributed by atoms with E-state index in [0.29, 0.717) is 15.7 Å². The lowest BCUT2D eigenvalue weighted by atomic mass is 10.2. The van der Waals surface area contributed by atoms with Crippen LogP contribution in [0.5, 0.6) is 0 Å². The van der Waals surface area contributed by atoms with Gasteiger partial charge in [0.15, 0.2) is 0 Å². The molecule has 0 saturated carbocycles. The molecule has 6 heteroatoms. The Bertz CT molecular complexity index is 616. The van der Waals surface area contributed by atoms with Gasteiger partial charge in [-0.3, -0.25) is 4.79 Å². The van der Waals surface area contributed by atoms with Crippen LogP contribution >= 0.6 is 15.9 Å². The van der Waals surface area contributed by atoms with Crippen molar-refractivity contribution in [3.05, 3.63) is 52.4 Å². The Hall–Kier alpha value is -1.95. The van der Waals surface area contributed by atoms with Gasteiger partial charge in [0.05, 0.1) is 5.56 Å². The summed E-state index contributed by atoms with van der Waals surface area (Å²) in [4.78, 5) is 17.6. The van der Waals surface area contributed by atoms with Gasteiger partial charge in [0, 0.05) is 23.4 Å². The van der Waals surface area contributed by atoms with Crippen molar-refractivity contribution in [1.82, 2.24) is 4.98 Å². The fraction of sp³-hybridized carbons (Fsp3) is 0.0769. The zero-order chi connectivity index (χ0) is 14.0. The number of nitrogens with two attached hydrogens (primary N) is 1. The molecule has 4 nitrogen and oxygen atoms in total. The number of anilines is 2. The third-order valence-electron chi connectivity index (χ3n) is 2.63. The quantitative estimate of drug-likeness (QED) is 0.924. The maximum absolute atomic E-state index is 12.9. The number of aromatic nitrogens is 1. The van der Waals surface area contributed by atoms with Crippen LogP contribution in [0, 0.1) is 5.82 Å². The number of nitrogens with zero attached hydrogens (tertiary/aromatic N) is 2. The van der Waals surface area contributed by atoms with Crippen molar-refractivity contribution in [2.24, 2.45) is 0 Å². The zero-order valence-corrected chi connectivity index (χ0v) is 11.7. The van der Waals surface area contributed by atoms with Crippen LogP contribution < -0.4 is 10.6 Å². The molecular formula is C13H11BrFN3O. The molecule has 1 aromatic carbocycles. The highest BCUT2D eigenvalue weighted by Gasteiger charge is 2.17. The first-order chi connectivity index (χ1) is 8.99. The van der Waals surface area contributed by atoms with Crippen molar-refractivity contribution in [2.45, 2.75) is 0 Å². The number of pyridine rings is 1. The SMILES string of the molecule is CN(C(=O)c1cc(Br)cnc1N)c1ccc(F)cc1. The van der Waals surface area contributed by atoms with Crippen molar-refractivity contribution in [1.29, 1.82) is 0 Å². The second kappa shape index (κ2) is 5.36. The van der Waals surface area contributed by atoms with E-state index >= 15 is 0 Å². The van der Waals surface area contributed by atoms with Gasteiger partial charge in [-0.15, -0.1) is 0 Å². The maximum atomic E-state index is 12.9. The minimum Gasteiger partial charge on any atom is -0.383 e. The number of hydrogen-bond acceptors (Lipinski definition) is 3. The number of nitrogen functional groups attached to an aromatic ring is 1. The van der Waals surface area contributed by atoms with E-state index in [-0.39, 0.29) is 17.5 Å². The molecule has 1 aromatic heterocycles. The van der Waals surface area contributed by atoms with E-state index < -0.39 is 0 Å². The van der Waals surface area contributed by atoms with Gasteiger partial charge < -0.3 is 10.6 Å². The zero-order valence-electron chi connectivity index (χ0n) is 10.1. The fourth-order valence-electron chi connectivity index (χ4n) is 1.58. The summed E-state index contributed by atoms with van der Waals surface area (Å²) in [6.07, 6.45) is 1.52. The molecule has 0 spiro atoms. The first-order valence-electron chi connectivity index (χ1n) is 5.43. The van der Waals surface area contributed by atoms with Crippen LogP contribution in [-0.2, 0) is 0 Å². The molecular weight excluding hydrogens is 313 g/mol. The molecule has 0 saturated heterocycles. The largest absolute Gasteiger partial charge is 0.383 e. The van der Waals surface area contributed by atoms with Crippen molar-refractivity contribution in [2.75, 3.05) is 17.7 Å². The number of hydrogen-bond donors (Lipinski definition) is 1. The number of rotatable bonds is 2. The Kier molecular flexibility index (Phi) is 3.80. The lowest BCUT2D eigenvalue weighted by molar-refractivity contribution is 0.0993. The van der Waals surface area contributed by atoms with Crippen molar-refractivity contribution in [3.63, 3.8) is 0 Å². The topological polar surface area (TPSA) is 59.2 Å². The molecule has 0 fully saturated rings. The van der Waals surface area contributed by atoms with Crippen LogP contribution in [0.3, 0.4) is 0 Å². The molecule has 0 atom stereocenters. The second-order valence-corrected chi connectivity index (χ2v) is 4.84. The first-order valence-corrected chi connectivity index (χ1v) is 6.23. The van der Waals surface area contributed by atoms with Crippen LogP contribution in [0.4, 0.5) is 15.9 Å². The van der Waals surface area contributed by atoms with Crippen molar-refractivity contribution < 1.29 is 9.18 Å². The molecule has 19 heavy (non-hydrogen) atoms. The molecule has 0 bridgehead atoms. The van der Waals surface area contributed by atoms with Gasteiger partial charge in [-0.25, -0.2) is 9.37 Å². The predicted molar refractivity (Wildman–Crippen MR) is 75.5 cm³/mol. The molecule has 0 radical (unpaired) electrons. The molecule has 2 rings (SSSR count). The van der Waals surface area contributed by atoms with Crippen LogP contribution in [0.25, 0.3) is 0 Å². The summed E-state index contributed by atoms with van der Waals surface area (Å²) in [5, 5.41) is 0. The highest BCUT2D eigenvalue weighted by atomic mass is 79.9. The van der Waals surface area contributed by atoms with Crippen LogP contribution in [0.15, 0.2) is 41.0 Å². The maximum Gasteiger partial charge on any atom is 0.261 e. The number of carbonyl (C=O) groups is 1. The minimum atomic E-state index is -0.353. The van der Waals surface area contributed by atoms with Gasteiger partial charge in [-0.2, -0.15) is 0 Å². The van der Waals surface area contributed by atoms with Gasteiger partial charge >= 0.3 is 0 Å². The summed E-state index contributed by atoms with van der Waals surface area (Å²) >= 11 is 3.24. The minimum absolute atomic E-state index is 0.155. The number of halogens is 2. The summed E-state index contributed by atoms with van der Waals surface area (Å²) < 4.78 is 13.5. The van der Waals surface area contributed by atoms with Crippen molar-refractivity contribution >= 4 is 33.3 Å². The summed E-state index contributed by atoms with van der Waals surface area (Å²) in [6.45, 7) is 0. The smallest absolute Gasteiger partial charge is 0.261 e. The molecule has 0 aliphatic heterocycles. The summed E-state index contributed by atoms with van der Waals surface area (Å²) in [6, 6.07) is 7.23. The van der Waals surface area contributed by atoms with E-state index in [1.165, 1.54) is 35.4 Å². The normalized spacial score (nSPS) is 10.3. The molecule has 1 heterocycles. The molecule has 2 N–H and O–H groups in total. The average Bonchev–Trinajstić information content (AvgIpc) is 2.41. The summed E-state index contributed by atoms with van der Waals surface area (Å²) in [5.41, 5.74) is 6.56. The molecule has 1 amide bonds. The van der Waals surface area contributed by atoms with Crippen LogP contribution in [-0.4, -0.2) is 17.9 Å². The Balaban J connectivity index is 2.33. The number of amides is 1. The van der Waals surface area contributed by atoms with E-state index in [1.807, 2.05) is 0 Å². The van der Waals surface area contributed by atoms with E-state index in [4.69, 9.17) is 5.73 Å². The van der Waals surface area contributed by atoms with Crippen LogP contribution in [0.2, 0.25) is 0 Å². The molecule has 0 aliphatic rings. The molecule has 0 unspecified atom stereocenters. The van der Waals surface area contributed by atoms with Crippen molar-refractivity contribution in [3.8, 4) is 0 Å². The highest BCUT2D eigenvalue weighted by Crippen LogP contribution is 2.20. The Labute approximate surface area is 118 Å². The van der Waals surface area contributed by atoms with E-state index in [0.717, 1.165) is 0 Å². The summed E-state index contributed by atoms with van der Waals surface area (Å²) in [5.74, 6) is -0.506. The monoisotopic (exact) mass is 323 g/mol. The number of benzene rings is 1. The Morgan fingerprint density at radius 3 is 2.63 bits per heavy atom. The van der Waals surface area contributed by atoms with Gasteiger partial charge in [0.25, 0.3) is 5.91 Å². The second-order valence-electron chi connectivity index (χ2n) is 3.93. The molecule has 2 aromatic rings. The summed E-state index contributed by atoms with van der Waals surface area (Å²) in [7, 11) is 1.59. The standard InChI is InChI=1S/C13H11BrFN3O/c1-18(10-4-2-9(15)3-5-10)13(19)11-6-8(14)7-17-12(11)16/h2-7H,1H3,(H2,16,17). The van der Waals surface area contributed by atoms with E-state index in [1.54, 1.807) is 13.1 Å². The lowest BCUT2D eigenvalue weighted by Gasteiger charge is -2.18. The third-order valence-corrected chi connectivity index (χ3v) is 3.07. The molecule has 0 aliphatic carbocycles. The predicted octanol–water partition coefficient (Wildman–Crippen LogP) is 2.84. The highest BCUT2D eigenvalue weighted by molar-refractivity contribution is 9.10. The Morgan fingerprint density at radius 2 is 2.00 bits per heavy atom. The Morgan fingerprint density at radius 1 is 1.37 bits per heavy atom. The van der Waals surface area contributed by atoms with Gasteiger partial charge in [0.2, 0.25) is 0 Å².